The van der Waals surface area contributed by atoms with E-state index in [0.717, 1.165) is 25.1 Å². The summed E-state index contributed by atoms with van der Waals surface area (Å²) in [7, 11) is 0. The molecule has 21 heavy (non-hydrogen) atoms. The van der Waals surface area contributed by atoms with Crippen molar-refractivity contribution in [3.8, 4) is 5.75 Å². The molecule has 2 heterocycles. The second kappa shape index (κ2) is 5.57. The average Bonchev–Trinajstić information content (AvgIpc) is 2.89. The van der Waals surface area contributed by atoms with Gasteiger partial charge in [-0.15, -0.1) is 0 Å². The first kappa shape index (κ1) is 13.6. The normalized spacial score (nSPS) is 15.6. The van der Waals surface area contributed by atoms with Gasteiger partial charge in [0.25, 0.3) is 5.91 Å². The molecular weight excluding hydrogens is 270 g/mol. The fraction of sp³-hybridized carbons (Fsp3) is 0.333. The molecule has 1 aromatic heterocycles. The topological polar surface area (TPSA) is 92.6 Å². The van der Waals surface area contributed by atoms with Gasteiger partial charge in [-0.3, -0.25) is 4.79 Å². The second-order valence-corrected chi connectivity index (χ2v) is 5.19. The van der Waals surface area contributed by atoms with Gasteiger partial charge in [0.2, 0.25) is 5.89 Å². The van der Waals surface area contributed by atoms with E-state index in [2.05, 4.69) is 4.98 Å². The molecule has 1 amide bonds. The maximum absolute atomic E-state index is 12.0. The van der Waals surface area contributed by atoms with Crippen LogP contribution in [-0.4, -0.2) is 34.0 Å². The number of hydrogen-bond donors (Lipinski definition) is 2. The van der Waals surface area contributed by atoms with E-state index < -0.39 is 6.04 Å². The highest BCUT2D eigenvalue weighted by Crippen LogP contribution is 2.19. The van der Waals surface area contributed by atoms with Gasteiger partial charge >= 0.3 is 0 Å². The Bertz CT molecular complexity index is 632. The van der Waals surface area contributed by atoms with Crippen molar-refractivity contribution in [2.45, 2.75) is 18.9 Å². The molecule has 1 unspecified atom stereocenters. The molecule has 6 nitrogen and oxygen atoms in total. The van der Waals surface area contributed by atoms with Crippen LogP contribution in [0.4, 0.5) is 0 Å². The van der Waals surface area contributed by atoms with Gasteiger partial charge in [0, 0.05) is 13.1 Å². The van der Waals surface area contributed by atoms with E-state index in [-0.39, 0.29) is 11.7 Å². The summed E-state index contributed by atoms with van der Waals surface area (Å²) in [5.41, 5.74) is 7.34. The van der Waals surface area contributed by atoms with Crippen molar-refractivity contribution >= 4 is 5.91 Å². The lowest BCUT2D eigenvalue weighted by molar-refractivity contribution is 0.0645. The van der Waals surface area contributed by atoms with E-state index >= 15 is 0 Å². The Hall–Kier alpha value is -2.34. The summed E-state index contributed by atoms with van der Waals surface area (Å²) in [6.45, 7) is 1.56. The van der Waals surface area contributed by atoms with Crippen molar-refractivity contribution < 1.29 is 14.3 Å². The van der Waals surface area contributed by atoms with Gasteiger partial charge in [0.15, 0.2) is 5.69 Å². The number of rotatable bonds is 4. The zero-order valence-corrected chi connectivity index (χ0v) is 11.5. The molecule has 1 aliphatic rings. The molecule has 110 valence electrons. The largest absolute Gasteiger partial charge is 0.508 e. The SMILES string of the molecule is NC(Cc1ccc(O)cc1)c1nc(C(=O)N2CCC2)co1. The van der Waals surface area contributed by atoms with Crippen molar-refractivity contribution in [1.82, 2.24) is 9.88 Å². The van der Waals surface area contributed by atoms with Crippen molar-refractivity contribution in [3.63, 3.8) is 0 Å². The molecule has 6 heteroatoms. The Kier molecular flexibility index (Phi) is 3.62. The molecule has 0 radical (unpaired) electrons. The molecule has 3 N–H and O–H groups in total. The predicted octanol–water partition coefficient (Wildman–Crippen LogP) is 1.47. The average molecular weight is 287 g/mol. The first-order valence-electron chi connectivity index (χ1n) is 6.91. The fourth-order valence-electron chi connectivity index (χ4n) is 2.21. The second-order valence-electron chi connectivity index (χ2n) is 5.19. The number of aromatic hydroxyl groups is 1. The summed E-state index contributed by atoms with van der Waals surface area (Å²) in [5.74, 6) is 0.464. The van der Waals surface area contributed by atoms with Crippen LogP contribution in [0.1, 0.15) is 34.4 Å². The summed E-state index contributed by atoms with van der Waals surface area (Å²) < 4.78 is 5.33. The maximum atomic E-state index is 12.0. The van der Waals surface area contributed by atoms with Crippen molar-refractivity contribution in [2.24, 2.45) is 5.73 Å². The van der Waals surface area contributed by atoms with Crippen LogP contribution in [-0.2, 0) is 6.42 Å². The van der Waals surface area contributed by atoms with Crippen LogP contribution in [0.5, 0.6) is 5.75 Å². The minimum Gasteiger partial charge on any atom is -0.508 e. The van der Waals surface area contributed by atoms with Gasteiger partial charge in [-0.1, -0.05) is 12.1 Å². The van der Waals surface area contributed by atoms with Crippen LogP contribution in [0.15, 0.2) is 34.9 Å². The summed E-state index contributed by atoms with van der Waals surface area (Å²) in [4.78, 5) is 17.9. The number of benzene rings is 1. The van der Waals surface area contributed by atoms with Crippen molar-refractivity contribution in [3.05, 3.63) is 47.7 Å². The number of phenols is 1. The van der Waals surface area contributed by atoms with E-state index in [1.165, 1.54) is 6.26 Å². The number of likely N-dealkylation sites (tertiary alicyclic amines) is 1. The number of nitrogens with zero attached hydrogens (tertiary/aromatic N) is 2. The third-order valence-electron chi connectivity index (χ3n) is 3.59. The molecule has 0 bridgehead atoms. The van der Waals surface area contributed by atoms with Crippen molar-refractivity contribution in [1.29, 1.82) is 0 Å². The molecule has 1 saturated heterocycles. The highest BCUT2D eigenvalue weighted by molar-refractivity contribution is 5.92. The Labute approximate surface area is 122 Å². The molecule has 0 saturated carbocycles. The lowest BCUT2D eigenvalue weighted by Crippen LogP contribution is -2.42. The molecule has 3 rings (SSSR count). The zero-order chi connectivity index (χ0) is 14.8. The number of nitrogens with two attached hydrogens (primary N) is 1. The molecule has 1 aromatic carbocycles. The van der Waals surface area contributed by atoms with E-state index in [9.17, 15) is 9.90 Å². The first-order chi connectivity index (χ1) is 10.1. The molecule has 1 fully saturated rings. The molecule has 2 aromatic rings. The quantitative estimate of drug-likeness (QED) is 0.888. The number of aromatic nitrogens is 1. The lowest BCUT2D eigenvalue weighted by Gasteiger charge is -2.29. The Morgan fingerprint density at radius 2 is 2.10 bits per heavy atom. The molecule has 0 aliphatic carbocycles. The molecule has 1 atom stereocenters. The van der Waals surface area contributed by atoms with Crippen LogP contribution < -0.4 is 5.73 Å². The number of carbonyl (C=O) groups excluding carboxylic acids is 1. The van der Waals surface area contributed by atoms with E-state index in [4.69, 9.17) is 10.2 Å². The Morgan fingerprint density at radius 1 is 1.38 bits per heavy atom. The van der Waals surface area contributed by atoms with Crippen LogP contribution in [0.2, 0.25) is 0 Å². The molecule has 1 aliphatic heterocycles. The molecular formula is C15H17N3O3. The van der Waals surface area contributed by atoms with Crippen LogP contribution in [0.3, 0.4) is 0 Å². The highest BCUT2D eigenvalue weighted by Gasteiger charge is 2.25. The van der Waals surface area contributed by atoms with E-state index in [1.807, 2.05) is 0 Å². The molecule has 0 spiro atoms. The third kappa shape index (κ3) is 2.90. The maximum Gasteiger partial charge on any atom is 0.275 e. The lowest BCUT2D eigenvalue weighted by atomic mass is 10.1. The Balaban J connectivity index is 1.67. The standard InChI is InChI=1S/C15H17N3O3/c16-12(8-10-2-4-11(19)5-3-10)14-17-13(9-21-14)15(20)18-6-1-7-18/h2-5,9,12,19H,1,6-8,16H2. The smallest absolute Gasteiger partial charge is 0.275 e. The fourth-order valence-corrected chi connectivity index (χ4v) is 2.21. The van der Waals surface area contributed by atoms with Crippen LogP contribution in [0.25, 0.3) is 0 Å². The first-order valence-corrected chi connectivity index (χ1v) is 6.91. The van der Waals surface area contributed by atoms with E-state index in [0.29, 0.717) is 18.0 Å². The van der Waals surface area contributed by atoms with Gasteiger partial charge < -0.3 is 20.2 Å². The summed E-state index contributed by atoms with van der Waals surface area (Å²) in [5, 5.41) is 9.25. The monoisotopic (exact) mass is 287 g/mol. The van der Waals surface area contributed by atoms with Gasteiger partial charge in [0.1, 0.15) is 12.0 Å². The van der Waals surface area contributed by atoms with Gasteiger partial charge in [-0.05, 0) is 30.5 Å². The van der Waals surface area contributed by atoms with E-state index in [1.54, 1.807) is 29.2 Å². The van der Waals surface area contributed by atoms with Crippen LogP contribution >= 0.6 is 0 Å². The summed E-state index contributed by atoms with van der Waals surface area (Å²) in [6, 6.07) is 6.38. The van der Waals surface area contributed by atoms with Crippen molar-refractivity contribution in [2.75, 3.05) is 13.1 Å². The third-order valence-corrected chi connectivity index (χ3v) is 3.59. The van der Waals surface area contributed by atoms with Gasteiger partial charge in [-0.2, -0.15) is 0 Å². The number of oxazole rings is 1. The van der Waals surface area contributed by atoms with Gasteiger partial charge in [0.05, 0.1) is 6.04 Å². The minimum atomic E-state index is -0.424. The zero-order valence-electron chi connectivity index (χ0n) is 11.5. The summed E-state index contributed by atoms with van der Waals surface area (Å²) in [6.07, 6.45) is 2.93. The predicted molar refractivity (Wildman–Crippen MR) is 75.8 cm³/mol. The highest BCUT2D eigenvalue weighted by atomic mass is 16.3. The minimum absolute atomic E-state index is 0.104. The summed E-state index contributed by atoms with van der Waals surface area (Å²) >= 11 is 0. The van der Waals surface area contributed by atoms with Crippen LogP contribution in [0, 0.1) is 0 Å². The number of phenolic OH excluding ortho intramolecular Hbond substituents is 1. The Morgan fingerprint density at radius 3 is 2.71 bits per heavy atom. The van der Waals surface area contributed by atoms with Gasteiger partial charge in [-0.25, -0.2) is 4.98 Å². The number of hydrogen-bond acceptors (Lipinski definition) is 5. The number of carbonyl (C=O) groups is 1. The number of amides is 1.